The molecule has 3 aromatic rings. The molecule has 7 nitrogen and oxygen atoms in total. The highest BCUT2D eigenvalue weighted by Gasteiger charge is 2.27. The van der Waals surface area contributed by atoms with Gasteiger partial charge in [-0.15, -0.1) is 0 Å². The van der Waals surface area contributed by atoms with Crippen LogP contribution in [0.1, 0.15) is 5.56 Å². The Morgan fingerprint density at radius 3 is 2.91 bits per heavy atom. The zero-order valence-corrected chi connectivity index (χ0v) is 17.8. The number of hydrogen-bond donors (Lipinski definition) is 2. The Hall–Kier alpha value is -3.46. The summed E-state index contributed by atoms with van der Waals surface area (Å²) in [5.74, 6) is -0.890. The van der Waals surface area contributed by atoms with Crippen molar-refractivity contribution in [3.63, 3.8) is 0 Å². The Bertz CT molecular complexity index is 1100. The van der Waals surface area contributed by atoms with Crippen LogP contribution in [-0.4, -0.2) is 54.9 Å². The number of nitrogens with one attached hydrogen (secondary N) is 2. The minimum atomic E-state index is -0.546. The summed E-state index contributed by atoms with van der Waals surface area (Å²) in [6, 6.07) is 7.03. The Kier molecular flexibility index (Phi) is 6.36. The summed E-state index contributed by atoms with van der Waals surface area (Å²) < 4.78 is 39.9. The number of aromatic amines is 1. The first-order valence-corrected chi connectivity index (χ1v) is 10.2. The van der Waals surface area contributed by atoms with Gasteiger partial charge >= 0.3 is 0 Å². The summed E-state index contributed by atoms with van der Waals surface area (Å²) in [6.45, 7) is 1.15. The van der Waals surface area contributed by atoms with Gasteiger partial charge in [0.1, 0.15) is 36.3 Å². The molecule has 168 valence electrons. The molecule has 1 unspecified atom stereocenters. The van der Waals surface area contributed by atoms with Gasteiger partial charge in [0.2, 0.25) is 5.91 Å². The molecular formula is C23H24F2N4O3. The third-order valence-electron chi connectivity index (χ3n) is 5.23. The summed E-state index contributed by atoms with van der Waals surface area (Å²) in [6.07, 6.45) is 3.41. The molecule has 0 radical (unpaired) electrons. The lowest BCUT2D eigenvalue weighted by molar-refractivity contribution is -0.121. The topological polar surface area (TPSA) is 79.5 Å². The summed E-state index contributed by atoms with van der Waals surface area (Å²) in [5.41, 5.74) is 1.73. The maximum absolute atomic E-state index is 14.9. The Labute approximate surface area is 184 Å². The third kappa shape index (κ3) is 4.88. The van der Waals surface area contributed by atoms with Gasteiger partial charge in [-0.1, -0.05) is 0 Å². The van der Waals surface area contributed by atoms with E-state index in [4.69, 9.17) is 9.47 Å². The molecule has 1 aliphatic rings. The number of carbonyl (C=O) groups is 1. The number of rotatable bonds is 7. The summed E-state index contributed by atoms with van der Waals surface area (Å²) in [4.78, 5) is 14.9. The van der Waals surface area contributed by atoms with Crippen molar-refractivity contribution in [2.45, 2.75) is 6.42 Å². The van der Waals surface area contributed by atoms with Crippen LogP contribution in [0, 0.1) is 17.6 Å². The normalized spacial score (nSPS) is 15.2. The Balaban J connectivity index is 1.56. The first kappa shape index (κ1) is 21.8. The number of aromatic nitrogens is 2. The minimum Gasteiger partial charge on any atom is -0.492 e. The minimum absolute atomic E-state index is 0.150. The molecule has 1 aliphatic heterocycles. The fraction of sp³-hybridized carbons (Fsp3) is 0.304. The summed E-state index contributed by atoms with van der Waals surface area (Å²) >= 11 is 0. The van der Waals surface area contributed by atoms with E-state index in [0.29, 0.717) is 47.8 Å². The van der Waals surface area contributed by atoms with Crippen molar-refractivity contribution < 1.29 is 23.0 Å². The van der Waals surface area contributed by atoms with Gasteiger partial charge in [-0.3, -0.25) is 9.89 Å². The predicted molar refractivity (Wildman–Crippen MR) is 116 cm³/mol. The first-order valence-electron chi connectivity index (χ1n) is 10.2. The van der Waals surface area contributed by atoms with Gasteiger partial charge in [0.05, 0.1) is 17.8 Å². The number of nitrogens with zero attached hydrogens (tertiary/aromatic N) is 2. The van der Waals surface area contributed by atoms with E-state index < -0.39 is 11.7 Å². The number of hydrogen-bond acceptors (Lipinski definition) is 5. The van der Waals surface area contributed by atoms with Crippen LogP contribution in [0.2, 0.25) is 0 Å². The molecule has 1 aromatic heterocycles. The molecule has 0 spiro atoms. The first-order chi connectivity index (χ1) is 15.4. The van der Waals surface area contributed by atoms with Gasteiger partial charge < -0.3 is 19.7 Å². The van der Waals surface area contributed by atoms with Crippen molar-refractivity contribution in [2.24, 2.45) is 5.92 Å². The lowest BCUT2D eigenvalue weighted by Crippen LogP contribution is -2.33. The number of H-pyrrole nitrogens is 1. The van der Waals surface area contributed by atoms with E-state index in [1.165, 1.54) is 24.4 Å². The van der Waals surface area contributed by atoms with E-state index in [1.54, 1.807) is 18.3 Å². The number of fused-ring (bicyclic) bond motifs is 1. The number of benzene rings is 2. The van der Waals surface area contributed by atoms with Crippen LogP contribution in [0.15, 0.2) is 42.7 Å². The van der Waals surface area contributed by atoms with Crippen molar-refractivity contribution in [2.75, 3.05) is 39.2 Å². The highest BCUT2D eigenvalue weighted by molar-refractivity contribution is 5.95. The molecule has 4 rings (SSSR count). The van der Waals surface area contributed by atoms with Gasteiger partial charge in [0.25, 0.3) is 0 Å². The van der Waals surface area contributed by atoms with E-state index in [9.17, 15) is 13.6 Å². The van der Waals surface area contributed by atoms with Crippen LogP contribution in [0.4, 0.5) is 14.5 Å². The monoisotopic (exact) mass is 442 g/mol. The number of halogens is 2. The summed E-state index contributed by atoms with van der Waals surface area (Å²) in [5, 5.41) is 9.28. The molecule has 2 N–H and O–H groups in total. The van der Waals surface area contributed by atoms with E-state index in [-0.39, 0.29) is 24.0 Å². The summed E-state index contributed by atoms with van der Waals surface area (Å²) in [7, 11) is 3.83. The lowest BCUT2D eigenvalue weighted by atomic mass is 9.95. The van der Waals surface area contributed by atoms with Crippen molar-refractivity contribution >= 4 is 11.6 Å². The van der Waals surface area contributed by atoms with Gasteiger partial charge in [0, 0.05) is 29.9 Å². The fourth-order valence-electron chi connectivity index (χ4n) is 3.49. The second-order valence-electron chi connectivity index (χ2n) is 7.92. The number of amides is 1. The van der Waals surface area contributed by atoms with Gasteiger partial charge in [-0.25, -0.2) is 8.78 Å². The molecule has 2 heterocycles. The number of anilines is 1. The molecule has 1 atom stereocenters. The van der Waals surface area contributed by atoms with E-state index in [0.717, 1.165) is 0 Å². The standard InChI is InChI=1S/C23H24F2N4O3/c1-29(2)5-6-31-22-9-18(16-11-26-27-12-16)19(25)10-20(22)28-23(30)15-7-14-8-17(24)3-4-21(14)32-13-15/h3-4,8-12,15H,5-7,13H2,1-2H3,(H,26,27)(H,28,30). The number of carbonyl (C=O) groups excluding carboxylic acids is 1. The van der Waals surface area contributed by atoms with Gasteiger partial charge in [0.15, 0.2) is 0 Å². The second kappa shape index (κ2) is 9.35. The Morgan fingerprint density at radius 1 is 1.31 bits per heavy atom. The van der Waals surface area contributed by atoms with Crippen LogP contribution >= 0.6 is 0 Å². The highest BCUT2D eigenvalue weighted by atomic mass is 19.1. The molecule has 0 bridgehead atoms. The van der Waals surface area contributed by atoms with Crippen LogP contribution in [0.5, 0.6) is 11.5 Å². The molecule has 0 saturated heterocycles. The number of likely N-dealkylation sites (N-methyl/N-ethyl adjacent to an activating group) is 1. The Morgan fingerprint density at radius 2 is 2.16 bits per heavy atom. The zero-order chi connectivity index (χ0) is 22.7. The highest BCUT2D eigenvalue weighted by Crippen LogP contribution is 2.35. The molecule has 2 aromatic carbocycles. The predicted octanol–water partition coefficient (Wildman–Crippen LogP) is 3.49. The number of ether oxygens (including phenoxy) is 2. The molecule has 32 heavy (non-hydrogen) atoms. The van der Waals surface area contributed by atoms with Gasteiger partial charge in [-0.2, -0.15) is 5.10 Å². The van der Waals surface area contributed by atoms with Crippen molar-refractivity contribution in [3.8, 4) is 22.6 Å². The molecule has 9 heteroatoms. The average molecular weight is 442 g/mol. The van der Waals surface area contributed by atoms with Crippen LogP contribution in [-0.2, 0) is 11.2 Å². The molecule has 1 amide bonds. The van der Waals surface area contributed by atoms with Crippen LogP contribution in [0.3, 0.4) is 0 Å². The quantitative estimate of drug-likeness (QED) is 0.586. The van der Waals surface area contributed by atoms with E-state index >= 15 is 0 Å². The zero-order valence-electron chi connectivity index (χ0n) is 17.8. The average Bonchev–Trinajstić information content (AvgIpc) is 3.29. The van der Waals surface area contributed by atoms with E-state index in [2.05, 4.69) is 15.5 Å². The second-order valence-corrected chi connectivity index (χ2v) is 7.92. The maximum Gasteiger partial charge on any atom is 0.231 e. The lowest BCUT2D eigenvalue weighted by Gasteiger charge is -2.25. The van der Waals surface area contributed by atoms with E-state index in [1.807, 2.05) is 19.0 Å². The smallest absolute Gasteiger partial charge is 0.231 e. The third-order valence-corrected chi connectivity index (χ3v) is 5.23. The SMILES string of the molecule is CN(C)CCOc1cc(-c2cn[nH]c2)c(F)cc1NC(=O)C1COc2ccc(F)cc2C1. The maximum atomic E-state index is 14.9. The largest absolute Gasteiger partial charge is 0.492 e. The molecule has 0 fully saturated rings. The van der Waals surface area contributed by atoms with Crippen molar-refractivity contribution in [1.29, 1.82) is 0 Å². The molecular weight excluding hydrogens is 418 g/mol. The van der Waals surface area contributed by atoms with Gasteiger partial charge in [-0.05, 0) is 50.3 Å². The van der Waals surface area contributed by atoms with Crippen molar-refractivity contribution in [1.82, 2.24) is 15.1 Å². The molecule has 0 aliphatic carbocycles. The molecule has 0 saturated carbocycles. The van der Waals surface area contributed by atoms with Crippen LogP contribution < -0.4 is 14.8 Å². The van der Waals surface area contributed by atoms with Crippen molar-refractivity contribution in [3.05, 3.63) is 59.9 Å². The fourth-order valence-corrected chi connectivity index (χ4v) is 3.49. The van der Waals surface area contributed by atoms with Crippen LogP contribution in [0.25, 0.3) is 11.1 Å².